The fraction of sp³-hybridized carbons (Fsp3) is 0.500. The normalized spacial score (nSPS) is 19.6. The first-order valence-corrected chi connectivity index (χ1v) is 8.60. The number of rotatable bonds is 3. The summed E-state index contributed by atoms with van der Waals surface area (Å²) >= 11 is 0. The van der Waals surface area contributed by atoms with Gasteiger partial charge in [-0.1, -0.05) is 32.9 Å². The molecule has 0 saturated carbocycles. The Kier molecular flexibility index (Phi) is 4.05. The lowest BCUT2D eigenvalue weighted by atomic mass is 9.96. The molecule has 0 bridgehead atoms. The summed E-state index contributed by atoms with van der Waals surface area (Å²) < 4.78 is 11.7. The van der Waals surface area contributed by atoms with Crippen molar-refractivity contribution in [1.82, 2.24) is 25.1 Å². The summed E-state index contributed by atoms with van der Waals surface area (Å²) in [5.74, 6) is 2.32. The van der Waals surface area contributed by atoms with Crippen molar-refractivity contribution in [3.63, 3.8) is 0 Å². The second kappa shape index (κ2) is 6.24. The number of para-hydroxylation sites is 2. The van der Waals surface area contributed by atoms with Gasteiger partial charge in [0.15, 0.2) is 17.2 Å². The third kappa shape index (κ3) is 3.43. The smallest absolute Gasteiger partial charge is 0.209 e. The van der Waals surface area contributed by atoms with Gasteiger partial charge in [0.2, 0.25) is 5.89 Å². The standard InChI is InChI=1S/C18H23N5O2/c1-18(2,3)17-20-16(21-22-17)14-10-23(8-9-24-14)11-15-19-12-6-4-5-7-13(12)25-15/h4-7,14H,8-11H2,1-3H3,(H,20,21,22)/t14-/m0/s1. The van der Waals surface area contributed by atoms with Gasteiger partial charge in [-0.15, -0.1) is 0 Å². The predicted octanol–water partition coefficient (Wildman–Crippen LogP) is 2.82. The third-order valence-electron chi connectivity index (χ3n) is 4.33. The number of benzene rings is 1. The number of nitrogens with zero attached hydrogens (tertiary/aromatic N) is 4. The molecule has 7 heteroatoms. The van der Waals surface area contributed by atoms with Crippen molar-refractivity contribution in [3.05, 3.63) is 41.8 Å². The SMILES string of the molecule is CC(C)(C)c1n[nH]c([C@@H]2CN(Cc3nc4ccccc4o3)CCO2)n1. The van der Waals surface area contributed by atoms with E-state index in [-0.39, 0.29) is 11.5 Å². The zero-order valence-electron chi connectivity index (χ0n) is 14.8. The van der Waals surface area contributed by atoms with Gasteiger partial charge in [-0.25, -0.2) is 9.97 Å². The number of oxazole rings is 1. The number of hydrogen-bond donors (Lipinski definition) is 1. The van der Waals surface area contributed by atoms with E-state index in [1.165, 1.54) is 0 Å². The summed E-state index contributed by atoms with van der Waals surface area (Å²) in [6, 6.07) is 7.83. The average Bonchev–Trinajstić information content (AvgIpc) is 3.21. The predicted molar refractivity (Wildman–Crippen MR) is 93.1 cm³/mol. The van der Waals surface area contributed by atoms with Crippen LogP contribution in [0.4, 0.5) is 0 Å². The number of fused-ring (bicyclic) bond motifs is 1. The van der Waals surface area contributed by atoms with E-state index < -0.39 is 0 Å². The van der Waals surface area contributed by atoms with Crippen molar-refractivity contribution in [1.29, 1.82) is 0 Å². The molecule has 1 atom stereocenters. The highest BCUT2D eigenvalue weighted by Crippen LogP contribution is 2.24. The van der Waals surface area contributed by atoms with E-state index in [0.717, 1.165) is 41.7 Å². The van der Waals surface area contributed by atoms with Crippen molar-refractivity contribution in [2.24, 2.45) is 0 Å². The van der Waals surface area contributed by atoms with Crippen LogP contribution in [0.3, 0.4) is 0 Å². The van der Waals surface area contributed by atoms with E-state index in [9.17, 15) is 0 Å². The number of ether oxygens (including phenoxy) is 1. The quantitative estimate of drug-likeness (QED) is 0.789. The molecule has 0 radical (unpaired) electrons. The molecule has 3 heterocycles. The molecule has 1 N–H and O–H groups in total. The van der Waals surface area contributed by atoms with Crippen molar-refractivity contribution >= 4 is 11.1 Å². The zero-order valence-corrected chi connectivity index (χ0v) is 14.8. The molecule has 0 spiro atoms. The number of H-pyrrole nitrogens is 1. The molecule has 1 saturated heterocycles. The fourth-order valence-electron chi connectivity index (χ4n) is 2.94. The Balaban J connectivity index is 1.46. The van der Waals surface area contributed by atoms with Crippen molar-refractivity contribution in [3.8, 4) is 0 Å². The molecule has 2 aromatic heterocycles. The summed E-state index contributed by atoms with van der Waals surface area (Å²) in [4.78, 5) is 11.5. The molecule has 132 valence electrons. The summed E-state index contributed by atoms with van der Waals surface area (Å²) in [5.41, 5.74) is 1.64. The molecule has 1 fully saturated rings. The lowest BCUT2D eigenvalue weighted by Crippen LogP contribution is -2.38. The molecule has 25 heavy (non-hydrogen) atoms. The molecule has 0 amide bonds. The highest BCUT2D eigenvalue weighted by Gasteiger charge is 2.28. The topological polar surface area (TPSA) is 80.1 Å². The van der Waals surface area contributed by atoms with Gasteiger partial charge in [-0.05, 0) is 12.1 Å². The number of hydrogen-bond acceptors (Lipinski definition) is 6. The maximum atomic E-state index is 5.89. The van der Waals surface area contributed by atoms with Crippen molar-refractivity contribution in [2.75, 3.05) is 19.7 Å². The Hall–Kier alpha value is -2.25. The van der Waals surface area contributed by atoms with Gasteiger partial charge in [0.1, 0.15) is 11.6 Å². The molecule has 0 unspecified atom stereocenters. The lowest BCUT2D eigenvalue weighted by molar-refractivity contribution is -0.0391. The van der Waals surface area contributed by atoms with E-state index in [2.05, 4.69) is 45.8 Å². The fourth-order valence-corrected chi connectivity index (χ4v) is 2.94. The minimum Gasteiger partial charge on any atom is -0.439 e. The first-order chi connectivity index (χ1) is 12.0. The van der Waals surface area contributed by atoms with Gasteiger partial charge >= 0.3 is 0 Å². The van der Waals surface area contributed by atoms with Gasteiger partial charge in [-0.2, -0.15) is 5.10 Å². The van der Waals surface area contributed by atoms with E-state index >= 15 is 0 Å². The van der Waals surface area contributed by atoms with Crippen LogP contribution < -0.4 is 0 Å². The monoisotopic (exact) mass is 341 g/mol. The Bertz CT molecular complexity index is 831. The number of aromatic nitrogens is 4. The first kappa shape index (κ1) is 16.2. The van der Waals surface area contributed by atoms with Crippen LogP contribution in [0.2, 0.25) is 0 Å². The average molecular weight is 341 g/mol. The number of nitrogens with one attached hydrogen (secondary N) is 1. The lowest BCUT2D eigenvalue weighted by Gasteiger charge is -2.30. The maximum absolute atomic E-state index is 5.89. The van der Waals surface area contributed by atoms with E-state index in [1.54, 1.807) is 0 Å². The molecule has 3 aromatic rings. The highest BCUT2D eigenvalue weighted by molar-refractivity contribution is 5.72. The second-order valence-corrected chi connectivity index (χ2v) is 7.46. The van der Waals surface area contributed by atoms with Gasteiger partial charge < -0.3 is 9.15 Å². The zero-order chi connectivity index (χ0) is 17.4. The summed E-state index contributed by atoms with van der Waals surface area (Å²) in [6.07, 6.45) is -0.110. The van der Waals surface area contributed by atoms with Crippen LogP contribution >= 0.6 is 0 Å². The van der Waals surface area contributed by atoms with Crippen LogP contribution in [0.25, 0.3) is 11.1 Å². The summed E-state index contributed by atoms with van der Waals surface area (Å²) in [5, 5.41) is 7.37. The summed E-state index contributed by atoms with van der Waals surface area (Å²) in [6.45, 7) is 9.18. The van der Waals surface area contributed by atoms with Crippen LogP contribution in [0.5, 0.6) is 0 Å². The van der Waals surface area contributed by atoms with E-state index in [1.807, 2.05) is 24.3 Å². The molecular weight excluding hydrogens is 318 g/mol. The maximum Gasteiger partial charge on any atom is 0.209 e. The molecule has 7 nitrogen and oxygen atoms in total. The first-order valence-electron chi connectivity index (χ1n) is 8.60. The Morgan fingerprint density at radius 3 is 2.84 bits per heavy atom. The second-order valence-electron chi connectivity index (χ2n) is 7.46. The van der Waals surface area contributed by atoms with Crippen molar-refractivity contribution < 1.29 is 9.15 Å². The Labute approximate surface area is 146 Å². The number of morpholine rings is 1. The Morgan fingerprint density at radius 1 is 1.24 bits per heavy atom. The van der Waals surface area contributed by atoms with Crippen LogP contribution in [0, 0.1) is 0 Å². The highest BCUT2D eigenvalue weighted by atomic mass is 16.5. The minimum absolute atomic E-state index is 0.0820. The van der Waals surface area contributed by atoms with Gasteiger partial charge in [0, 0.05) is 18.5 Å². The third-order valence-corrected chi connectivity index (χ3v) is 4.33. The van der Waals surface area contributed by atoms with Crippen molar-refractivity contribution in [2.45, 2.75) is 38.8 Å². The van der Waals surface area contributed by atoms with E-state index in [4.69, 9.17) is 9.15 Å². The minimum atomic E-state index is -0.110. The van der Waals surface area contributed by atoms with Crippen LogP contribution in [0.15, 0.2) is 28.7 Å². The number of aromatic amines is 1. The molecular formula is C18H23N5O2. The molecule has 1 aliphatic rings. The van der Waals surface area contributed by atoms with Crippen LogP contribution in [-0.2, 0) is 16.7 Å². The van der Waals surface area contributed by atoms with Crippen LogP contribution in [-0.4, -0.2) is 44.8 Å². The Morgan fingerprint density at radius 2 is 2.08 bits per heavy atom. The summed E-state index contributed by atoms with van der Waals surface area (Å²) in [7, 11) is 0. The van der Waals surface area contributed by atoms with E-state index in [0.29, 0.717) is 13.2 Å². The largest absolute Gasteiger partial charge is 0.439 e. The van der Waals surface area contributed by atoms with Gasteiger partial charge in [-0.3, -0.25) is 10.00 Å². The molecule has 1 aromatic carbocycles. The molecule has 4 rings (SSSR count). The van der Waals surface area contributed by atoms with Gasteiger partial charge in [0.25, 0.3) is 0 Å². The van der Waals surface area contributed by atoms with Gasteiger partial charge in [0.05, 0.1) is 13.2 Å². The van der Waals surface area contributed by atoms with Crippen LogP contribution in [0.1, 0.15) is 44.4 Å². The molecule has 1 aliphatic heterocycles. The molecule has 0 aliphatic carbocycles.